The Morgan fingerprint density at radius 2 is 2.22 bits per heavy atom. The number of anilines is 1. The van der Waals surface area contributed by atoms with Gasteiger partial charge in [-0.3, -0.25) is 0 Å². The quantitative estimate of drug-likeness (QED) is 0.802. The average Bonchev–Trinajstić information content (AvgIpc) is 3.20. The van der Waals surface area contributed by atoms with E-state index in [2.05, 4.69) is 42.0 Å². The zero-order valence-corrected chi connectivity index (χ0v) is 11.8. The number of nitrogens with zero attached hydrogens (tertiary/aromatic N) is 2. The molecule has 0 aromatic carbocycles. The zero-order chi connectivity index (χ0) is 13.0. The van der Waals surface area contributed by atoms with Crippen molar-refractivity contribution >= 4 is 5.82 Å². The van der Waals surface area contributed by atoms with Crippen LogP contribution < -0.4 is 10.2 Å². The Morgan fingerprint density at radius 3 is 2.83 bits per heavy atom. The Kier molecular flexibility index (Phi) is 4.59. The molecule has 1 unspecified atom stereocenters. The van der Waals surface area contributed by atoms with Crippen molar-refractivity contribution in [2.45, 2.75) is 52.1 Å². The number of rotatable bonds is 7. The van der Waals surface area contributed by atoms with Crippen LogP contribution >= 0.6 is 0 Å². The highest BCUT2D eigenvalue weighted by Crippen LogP contribution is 2.34. The fourth-order valence-electron chi connectivity index (χ4n) is 2.49. The lowest BCUT2D eigenvalue weighted by Crippen LogP contribution is -2.30. The maximum Gasteiger partial charge on any atom is 0.133 e. The summed E-state index contributed by atoms with van der Waals surface area (Å²) >= 11 is 0. The predicted octanol–water partition coefficient (Wildman–Crippen LogP) is 3.13. The van der Waals surface area contributed by atoms with E-state index in [4.69, 9.17) is 0 Å². The monoisotopic (exact) mass is 247 g/mol. The summed E-state index contributed by atoms with van der Waals surface area (Å²) in [5.41, 5.74) is 1.33. The number of hydrogen-bond acceptors (Lipinski definition) is 3. The van der Waals surface area contributed by atoms with Crippen molar-refractivity contribution in [2.75, 3.05) is 18.0 Å². The summed E-state index contributed by atoms with van der Waals surface area (Å²) in [6, 6.07) is 5.36. The zero-order valence-electron chi connectivity index (χ0n) is 11.8. The molecule has 1 N–H and O–H groups in total. The van der Waals surface area contributed by atoms with E-state index in [9.17, 15) is 0 Å². The molecule has 0 radical (unpaired) electrons. The fourth-order valence-corrected chi connectivity index (χ4v) is 2.49. The van der Waals surface area contributed by atoms with Crippen molar-refractivity contribution in [3.05, 3.63) is 23.9 Å². The minimum Gasteiger partial charge on any atom is -0.353 e. The van der Waals surface area contributed by atoms with Crippen molar-refractivity contribution in [2.24, 2.45) is 0 Å². The molecule has 1 aliphatic rings. The first-order valence-electron chi connectivity index (χ1n) is 7.22. The Morgan fingerprint density at radius 1 is 1.44 bits per heavy atom. The van der Waals surface area contributed by atoms with Crippen LogP contribution in [0, 0.1) is 0 Å². The van der Waals surface area contributed by atoms with E-state index in [0.717, 1.165) is 19.1 Å². The molecule has 1 fully saturated rings. The van der Waals surface area contributed by atoms with Gasteiger partial charge in [0.15, 0.2) is 0 Å². The van der Waals surface area contributed by atoms with Gasteiger partial charge in [0.05, 0.1) is 0 Å². The van der Waals surface area contributed by atoms with Gasteiger partial charge in [-0.25, -0.2) is 4.98 Å². The molecule has 100 valence electrons. The van der Waals surface area contributed by atoms with Gasteiger partial charge in [0.2, 0.25) is 0 Å². The van der Waals surface area contributed by atoms with Gasteiger partial charge in [-0.2, -0.15) is 0 Å². The van der Waals surface area contributed by atoms with Gasteiger partial charge in [0, 0.05) is 30.4 Å². The van der Waals surface area contributed by atoms with Crippen LogP contribution in [-0.2, 0) is 0 Å². The third kappa shape index (κ3) is 3.02. The normalized spacial score (nSPS) is 16.6. The molecule has 3 nitrogen and oxygen atoms in total. The summed E-state index contributed by atoms with van der Waals surface area (Å²) in [5, 5.41) is 3.49. The molecule has 2 rings (SSSR count). The number of nitrogens with one attached hydrogen (secondary N) is 1. The van der Waals surface area contributed by atoms with E-state index in [-0.39, 0.29) is 0 Å². The minimum atomic E-state index is 0.372. The molecule has 1 aliphatic carbocycles. The van der Waals surface area contributed by atoms with E-state index in [0.29, 0.717) is 6.04 Å². The number of aromatic nitrogens is 1. The molecular weight excluding hydrogens is 222 g/mol. The van der Waals surface area contributed by atoms with Crippen molar-refractivity contribution in [3.8, 4) is 0 Å². The minimum absolute atomic E-state index is 0.372. The van der Waals surface area contributed by atoms with Crippen LogP contribution in [0.15, 0.2) is 18.3 Å². The van der Waals surface area contributed by atoms with Gasteiger partial charge in [-0.05, 0) is 38.8 Å². The van der Waals surface area contributed by atoms with Gasteiger partial charge in [0.25, 0.3) is 0 Å². The molecule has 0 saturated heterocycles. The van der Waals surface area contributed by atoms with Crippen LogP contribution in [0.1, 0.15) is 51.6 Å². The van der Waals surface area contributed by atoms with Crippen molar-refractivity contribution in [3.63, 3.8) is 0 Å². The van der Waals surface area contributed by atoms with E-state index >= 15 is 0 Å². The highest BCUT2D eigenvalue weighted by molar-refractivity contribution is 5.50. The summed E-state index contributed by atoms with van der Waals surface area (Å²) in [6.45, 7) is 8.73. The smallest absolute Gasteiger partial charge is 0.133 e. The van der Waals surface area contributed by atoms with Gasteiger partial charge >= 0.3 is 0 Å². The SMILES string of the molecule is CCCN(c1ncccc1C(C)NCC)C1CC1. The maximum atomic E-state index is 4.65. The molecular formula is C15H25N3. The predicted molar refractivity (Wildman–Crippen MR) is 77.0 cm³/mol. The summed E-state index contributed by atoms with van der Waals surface area (Å²) in [4.78, 5) is 7.15. The van der Waals surface area contributed by atoms with Crippen molar-refractivity contribution < 1.29 is 0 Å². The molecule has 0 aliphatic heterocycles. The highest BCUT2D eigenvalue weighted by Gasteiger charge is 2.31. The lowest BCUT2D eigenvalue weighted by Gasteiger charge is -2.27. The average molecular weight is 247 g/mol. The first kappa shape index (κ1) is 13.3. The molecule has 1 aromatic rings. The second kappa shape index (κ2) is 6.19. The molecule has 0 bridgehead atoms. The fraction of sp³-hybridized carbons (Fsp3) is 0.667. The Balaban J connectivity index is 2.24. The lowest BCUT2D eigenvalue weighted by molar-refractivity contribution is 0.591. The van der Waals surface area contributed by atoms with Crippen LogP contribution in [0.3, 0.4) is 0 Å². The van der Waals surface area contributed by atoms with E-state index in [1.165, 1.54) is 30.6 Å². The Labute approximate surface area is 111 Å². The van der Waals surface area contributed by atoms with Crippen LogP contribution in [0.4, 0.5) is 5.82 Å². The second-order valence-electron chi connectivity index (χ2n) is 5.12. The van der Waals surface area contributed by atoms with Gasteiger partial charge in [-0.1, -0.05) is 19.9 Å². The van der Waals surface area contributed by atoms with Crippen LogP contribution in [0.5, 0.6) is 0 Å². The second-order valence-corrected chi connectivity index (χ2v) is 5.12. The first-order chi connectivity index (χ1) is 8.77. The standard InChI is InChI=1S/C15H25N3/c1-4-11-18(13-8-9-13)15-14(7-6-10-17-15)12(3)16-5-2/h6-7,10,12-13,16H,4-5,8-9,11H2,1-3H3. The third-order valence-corrected chi connectivity index (χ3v) is 3.52. The highest BCUT2D eigenvalue weighted by atomic mass is 15.2. The van der Waals surface area contributed by atoms with Crippen LogP contribution in [0.2, 0.25) is 0 Å². The number of pyridine rings is 1. The van der Waals surface area contributed by atoms with Gasteiger partial charge < -0.3 is 10.2 Å². The topological polar surface area (TPSA) is 28.2 Å². The summed E-state index contributed by atoms with van der Waals surface area (Å²) in [5.74, 6) is 1.19. The molecule has 18 heavy (non-hydrogen) atoms. The molecule has 0 spiro atoms. The summed E-state index contributed by atoms with van der Waals surface area (Å²) in [7, 11) is 0. The van der Waals surface area contributed by atoms with Crippen molar-refractivity contribution in [1.82, 2.24) is 10.3 Å². The lowest BCUT2D eigenvalue weighted by atomic mass is 10.1. The van der Waals surface area contributed by atoms with Gasteiger partial charge in [0.1, 0.15) is 5.82 Å². The van der Waals surface area contributed by atoms with Crippen LogP contribution in [-0.4, -0.2) is 24.1 Å². The third-order valence-electron chi connectivity index (χ3n) is 3.52. The molecule has 1 heterocycles. The largest absolute Gasteiger partial charge is 0.353 e. The van der Waals surface area contributed by atoms with E-state index in [1.807, 2.05) is 12.3 Å². The first-order valence-corrected chi connectivity index (χ1v) is 7.22. The van der Waals surface area contributed by atoms with Crippen LogP contribution in [0.25, 0.3) is 0 Å². The Hall–Kier alpha value is -1.09. The molecule has 0 amide bonds. The molecule has 1 aromatic heterocycles. The maximum absolute atomic E-state index is 4.65. The molecule has 1 saturated carbocycles. The molecule has 3 heteroatoms. The summed E-state index contributed by atoms with van der Waals surface area (Å²) < 4.78 is 0. The van der Waals surface area contributed by atoms with Gasteiger partial charge in [-0.15, -0.1) is 0 Å². The van der Waals surface area contributed by atoms with E-state index in [1.54, 1.807) is 0 Å². The molecule has 1 atom stereocenters. The van der Waals surface area contributed by atoms with Crippen molar-refractivity contribution in [1.29, 1.82) is 0 Å². The van der Waals surface area contributed by atoms with E-state index < -0.39 is 0 Å². The Bertz CT molecular complexity index is 374. The summed E-state index contributed by atoms with van der Waals surface area (Å²) in [6.07, 6.45) is 5.75. The number of hydrogen-bond donors (Lipinski definition) is 1.